The van der Waals surface area contributed by atoms with Crippen LogP contribution in [0.4, 0.5) is 13.2 Å². The minimum Gasteiger partial charge on any atom is -0.287 e. The molecule has 2 aromatic rings. The van der Waals surface area contributed by atoms with Gasteiger partial charge < -0.3 is 0 Å². The molecule has 0 aliphatic heterocycles. The molecule has 1 heterocycles. The Kier molecular flexibility index (Phi) is 3.10. The number of nitrogens with zero attached hydrogens (tertiary/aromatic N) is 2. The lowest BCUT2D eigenvalue weighted by molar-refractivity contribution is -0.137. The Balaban J connectivity index is 2.38. The Morgan fingerprint density at radius 1 is 1.17 bits per heavy atom. The number of alkyl halides is 3. The highest BCUT2D eigenvalue weighted by Crippen LogP contribution is 2.29. The Morgan fingerprint density at radius 3 is 2.56 bits per heavy atom. The van der Waals surface area contributed by atoms with Gasteiger partial charge in [0.2, 0.25) is 5.78 Å². The number of hydrogen-bond acceptors (Lipinski definition) is 3. The third-order valence-corrected chi connectivity index (χ3v) is 2.27. The Morgan fingerprint density at radius 2 is 1.94 bits per heavy atom. The van der Waals surface area contributed by atoms with Crippen LogP contribution < -0.4 is 0 Å². The van der Waals surface area contributed by atoms with Gasteiger partial charge in [-0.2, -0.15) is 13.2 Å². The highest BCUT2D eigenvalue weighted by Gasteiger charge is 2.31. The first-order valence-electron chi connectivity index (χ1n) is 4.96. The quantitative estimate of drug-likeness (QED) is 0.772. The second kappa shape index (κ2) is 4.56. The van der Waals surface area contributed by atoms with Crippen molar-refractivity contribution in [2.75, 3.05) is 0 Å². The summed E-state index contributed by atoms with van der Waals surface area (Å²) < 4.78 is 37.5. The topological polar surface area (TPSA) is 42.9 Å². The summed E-state index contributed by atoms with van der Waals surface area (Å²) in [6.07, 6.45) is -1.95. The van der Waals surface area contributed by atoms with Crippen LogP contribution in [0.1, 0.15) is 21.6 Å². The standard InChI is InChI=1S/C12H7F3N2O/c13-12(14,15)9-3-1-2-8(6-9)11(18)10-4-5-16-7-17-10/h1-7H. The first-order chi connectivity index (χ1) is 8.48. The average molecular weight is 252 g/mol. The highest BCUT2D eigenvalue weighted by molar-refractivity contribution is 6.07. The van der Waals surface area contributed by atoms with E-state index < -0.39 is 17.5 Å². The Bertz CT molecular complexity index is 567. The summed E-state index contributed by atoms with van der Waals surface area (Å²) in [5.41, 5.74) is -0.852. The molecule has 0 N–H and O–H groups in total. The Hall–Kier alpha value is -2.24. The van der Waals surface area contributed by atoms with E-state index in [1.807, 2.05) is 0 Å². The van der Waals surface area contributed by atoms with Crippen molar-refractivity contribution in [3.05, 3.63) is 59.7 Å². The Labute approximate surface area is 100 Å². The number of benzene rings is 1. The molecule has 2 rings (SSSR count). The molecule has 0 saturated carbocycles. The second-order valence-corrected chi connectivity index (χ2v) is 3.50. The molecular formula is C12H7F3N2O. The van der Waals surface area contributed by atoms with Crippen LogP contribution in [0.25, 0.3) is 0 Å². The van der Waals surface area contributed by atoms with E-state index in [4.69, 9.17) is 0 Å². The SMILES string of the molecule is O=C(c1cccc(C(F)(F)F)c1)c1ccncn1. The minimum atomic E-state index is -4.47. The van der Waals surface area contributed by atoms with E-state index in [0.717, 1.165) is 12.1 Å². The molecule has 18 heavy (non-hydrogen) atoms. The molecule has 0 unspecified atom stereocenters. The van der Waals surface area contributed by atoms with Gasteiger partial charge >= 0.3 is 6.18 Å². The smallest absolute Gasteiger partial charge is 0.287 e. The highest BCUT2D eigenvalue weighted by atomic mass is 19.4. The fourth-order valence-corrected chi connectivity index (χ4v) is 1.41. The number of carbonyl (C=O) groups is 1. The zero-order valence-corrected chi connectivity index (χ0v) is 8.98. The van der Waals surface area contributed by atoms with Gasteiger partial charge in [-0.1, -0.05) is 12.1 Å². The van der Waals surface area contributed by atoms with Crippen molar-refractivity contribution in [2.24, 2.45) is 0 Å². The molecule has 0 radical (unpaired) electrons. The molecule has 1 aromatic carbocycles. The first-order valence-corrected chi connectivity index (χ1v) is 4.96. The van der Waals surface area contributed by atoms with Crippen LogP contribution in [0.5, 0.6) is 0 Å². The van der Waals surface area contributed by atoms with E-state index in [1.54, 1.807) is 0 Å². The van der Waals surface area contributed by atoms with Crippen molar-refractivity contribution in [3.63, 3.8) is 0 Å². The average Bonchev–Trinajstić information content (AvgIpc) is 2.38. The van der Waals surface area contributed by atoms with Gasteiger partial charge in [-0.05, 0) is 18.2 Å². The van der Waals surface area contributed by atoms with Crippen molar-refractivity contribution in [1.29, 1.82) is 0 Å². The van der Waals surface area contributed by atoms with Crippen molar-refractivity contribution in [1.82, 2.24) is 9.97 Å². The number of aromatic nitrogens is 2. The van der Waals surface area contributed by atoms with Gasteiger partial charge in [-0.25, -0.2) is 9.97 Å². The van der Waals surface area contributed by atoms with Crippen molar-refractivity contribution in [2.45, 2.75) is 6.18 Å². The number of halogens is 3. The molecule has 0 atom stereocenters. The predicted molar refractivity (Wildman–Crippen MR) is 56.9 cm³/mol. The monoisotopic (exact) mass is 252 g/mol. The summed E-state index contributed by atoms with van der Waals surface area (Å²) in [6.45, 7) is 0. The number of ketones is 1. The molecule has 0 aliphatic carbocycles. The van der Waals surface area contributed by atoms with Gasteiger partial charge in [-0.15, -0.1) is 0 Å². The molecule has 6 heteroatoms. The number of hydrogen-bond donors (Lipinski definition) is 0. The van der Waals surface area contributed by atoms with Crippen molar-refractivity contribution < 1.29 is 18.0 Å². The minimum absolute atomic E-state index is 0.0523. The predicted octanol–water partition coefficient (Wildman–Crippen LogP) is 2.73. The molecule has 92 valence electrons. The summed E-state index contributed by atoms with van der Waals surface area (Å²) in [5.74, 6) is -0.566. The largest absolute Gasteiger partial charge is 0.416 e. The zero-order chi connectivity index (χ0) is 13.2. The van der Waals surface area contributed by atoms with E-state index in [0.29, 0.717) is 0 Å². The maximum Gasteiger partial charge on any atom is 0.416 e. The summed E-state index contributed by atoms with van der Waals surface area (Å²) in [7, 11) is 0. The second-order valence-electron chi connectivity index (χ2n) is 3.50. The number of rotatable bonds is 2. The molecule has 0 fully saturated rings. The van der Waals surface area contributed by atoms with E-state index in [2.05, 4.69) is 9.97 Å². The van der Waals surface area contributed by atoms with Gasteiger partial charge in [0.25, 0.3) is 0 Å². The summed E-state index contributed by atoms with van der Waals surface area (Å²) in [6, 6.07) is 5.58. The van der Waals surface area contributed by atoms with E-state index in [-0.39, 0.29) is 11.3 Å². The summed E-state index contributed by atoms with van der Waals surface area (Å²) in [4.78, 5) is 19.2. The molecular weight excluding hydrogens is 245 g/mol. The van der Waals surface area contributed by atoms with Crippen LogP contribution in [0.3, 0.4) is 0 Å². The van der Waals surface area contributed by atoms with E-state index >= 15 is 0 Å². The lowest BCUT2D eigenvalue weighted by Gasteiger charge is -2.07. The molecule has 0 saturated heterocycles. The van der Waals surface area contributed by atoms with Crippen LogP contribution in [0.2, 0.25) is 0 Å². The normalized spacial score (nSPS) is 11.3. The van der Waals surface area contributed by atoms with Crippen LogP contribution >= 0.6 is 0 Å². The molecule has 0 bridgehead atoms. The molecule has 1 aromatic heterocycles. The molecule has 0 amide bonds. The first kappa shape index (κ1) is 12.2. The van der Waals surface area contributed by atoms with Crippen molar-refractivity contribution >= 4 is 5.78 Å². The van der Waals surface area contributed by atoms with Gasteiger partial charge in [0.15, 0.2) is 0 Å². The number of carbonyl (C=O) groups excluding carboxylic acids is 1. The third-order valence-electron chi connectivity index (χ3n) is 2.27. The zero-order valence-electron chi connectivity index (χ0n) is 8.98. The van der Waals surface area contributed by atoms with E-state index in [1.165, 1.54) is 30.7 Å². The fraction of sp³-hybridized carbons (Fsp3) is 0.0833. The van der Waals surface area contributed by atoms with Crippen LogP contribution in [-0.2, 0) is 6.18 Å². The summed E-state index contributed by atoms with van der Waals surface area (Å²) >= 11 is 0. The van der Waals surface area contributed by atoms with Gasteiger partial charge in [-0.3, -0.25) is 4.79 Å². The summed E-state index contributed by atoms with van der Waals surface area (Å²) in [5, 5.41) is 0. The lowest BCUT2D eigenvalue weighted by Crippen LogP contribution is -2.09. The molecule has 3 nitrogen and oxygen atoms in total. The fourth-order valence-electron chi connectivity index (χ4n) is 1.41. The van der Waals surface area contributed by atoms with Crippen LogP contribution in [0, 0.1) is 0 Å². The molecule has 0 spiro atoms. The maximum atomic E-state index is 12.5. The lowest BCUT2D eigenvalue weighted by atomic mass is 10.0. The van der Waals surface area contributed by atoms with Crippen molar-refractivity contribution in [3.8, 4) is 0 Å². The van der Waals surface area contributed by atoms with Crippen LogP contribution in [-0.4, -0.2) is 15.8 Å². The molecule has 0 aliphatic rings. The van der Waals surface area contributed by atoms with Gasteiger partial charge in [0.05, 0.1) is 5.56 Å². The third kappa shape index (κ3) is 2.53. The van der Waals surface area contributed by atoms with Crippen LogP contribution in [0.15, 0.2) is 42.9 Å². The van der Waals surface area contributed by atoms with Gasteiger partial charge in [0.1, 0.15) is 12.0 Å². The van der Waals surface area contributed by atoms with E-state index in [9.17, 15) is 18.0 Å². The maximum absolute atomic E-state index is 12.5. The van der Waals surface area contributed by atoms with Gasteiger partial charge in [0, 0.05) is 11.8 Å².